The molecule has 0 bridgehead atoms. The summed E-state index contributed by atoms with van der Waals surface area (Å²) in [5.74, 6) is 2.74. The molecule has 0 aromatic carbocycles. The van der Waals surface area contributed by atoms with Crippen LogP contribution in [0.4, 0.5) is 5.95 Å². The zero-order valence-corrected chi connectivity index (χ0v) is 10.6. The second-order valence-corrected chi connectivity index (χ2v) is 5.11. The van der Waals surface area contributed by atoms with Crippen molar-refractivity contribution >= 4 is 5.95 Å². The fraction of sp³-hybridized carbons (Fsp3) is 0.769. The summed E-state index contributed by atoms with van der Waals surface area (Å²) in [6.07, 6.45) is 7.94. The van der Waals surface area contributed by atoms with Gasteiger partial charge >= 0.3 is 0 Å². The number of hydrogen-bond donors (Lipinski definition) is 1. The quantitative estimate of drug-likeness (QED) is 0.848. The fourth-order valence-electron chi connectivity index (χ4n) is 2.67. The van der Waals surface area contributed by atoms with E-state index in [1.165, 1.54) is 19.3 Å². The zero-order chi connectivity index (χ0) is 11.5. The van der Waals surface area contributed by atoms with Gasteiger partial charge in [0.1, 0.15) is 0 Å². The third-order valence-electron chi connectivity index (χ3n) is 3.97. The van der Waals surface area contributed by atoms with Crippen molar-refractivity contribution in [2.75, 3.05) is 11.9 Å². The minimum atomic E-state index is 0.641. The molecule has 16 heavy (non-hydrogen) atoms. The summed E-state index contributed by atoms with van der Waals surface area (Å²) in [7, 11) is 0. The van der Waals surface area contributed by atoms with Gasteiger partial charge < -0.3 is 9.88 Å². The number of nitrogens with one attached hydrogen (secondary N) is 1. The van der Waals surface area contributed by atoms with Gasteiger partial charge in [0.15, 0.2) is 0 Å². The van der Waals surface area contributed by atoms with E-state index >= 15 is 0 Å². The molecule has 2 rings (SSSR count). The van der Waals surface area contributed by atoms with E-state index in [-0.39, 0.29) is 0 Å². The van der Waals surface area contributed by atoms with Crippen LogP contribution in [0.3, 0.4) is 0 Å². The van der Waals surface area contributed by atoms with Gasteiger partial charge in [-0.05, 0) is 38.0 Å². The lowest BCUT2D eigenvalue weighted by Crippen LogP contribution is -2.24. The summed E-state index contributed by atoms with van der Waals surface area (Å²) in [6, 6.07) is 0.641. The van der Waals surface area contributed by atoms with Crippen molar-refractivity contribution in [1.82, 2.24) is 9.55 Å². The van der Waals surface area contributed by atoms with Gasteiger partial charge in [0, 0.05) is 25.0 Å². The summed E-state index contributed by atoms with van der Waals surface area (Å²) in [5, 5.41) is 3.33. The molecule has 90 valence electrons. The van der Waals surface area contributed by atoms with Crippen LogP contribution in [0.15, 0.2) is 12.4 Å². The van der Waals surface area contributed by atoms with Crippen LogP contribution in [-0.2, 0) is 0 Å². The SMILES string of the molecule is CCNc1nccn1C1CCC(C)C(C)C1. The normalized spacial score (nSPS) is 30.3. The van der Waals surface area contributed by atoms with Crippen molar-refractivity contribution in [3.8, 4) is 0 Å². The lowest BCUT2D eigenvalue weighted by atomic mass is 9.79. The molecule has 3 unspecified atom stereocenters. The average molecular weight is 221 g/mol. The largest absolute Gasteiger partial charge is 0.356 e. The lowest BCUT2D eigenvalue weighted by Gasteiger charge is -2.33. The molecule has 0 saturated heterocycles. The number of anilines is 1. The topological polar surface area (TPSA) is 29.9 Å². The average Bonchev–Trinajstić information content (AvgIpc) is 2.71. The van der Waals surface area contributed by atoms with E-state index in [0.717, 1.165) is 24.3 Å². The minimum Gasteiger partial charge on any atom is -0.356 e. The smallest absolute Gasteiger partial charge is 0.203 e. The third-order valence-corrected chi connectivity index (χ3v) is 3.97. The first-order valence-electron chi connectivity index (χ1n) is 6.49. The number of imidazole rings is 1. The van der Waals surface area contributed by atoms with Gasteiger partial charge in [-0.15, -0.1) is 0 Å². The van der Waals surface area contributed by atoms with Crippen LogP contribution in [0.1, 0.15) is 46.1 Å². The number of nitrogens with zero attached hydrogens (tertiary/aromatic N) is 2. The Bertz CT molecular complexity index is 332. The Kier molecular flexibility index (Phi) is 3.52. The van der Waals surface area contributed by atoms with Crippen LogP contribution in [0.2, 0.25) is 0 Å². The molecule has 0 amide bonds. The molecule has 1 aliphatic rings. The minimum absolute atomic E-state index is 0.641. The molecule has 1 aliphatic carbocycles. The first kappa shape index (κ1) is 11.5. The van der Waals surface area contributed by atoms with E-state index in [4.69, 9.17) is 0 Å². The van der Waals surface area contributed by atoms with Crippen molar-refractivity contribution in [3.63, 3.8) is 0 Å². The molecule has 1 aromatic heterocycles. The Morgan fingerprint density at radius 3 is 2.88 bits per heavy atom. The Morgan fingerprint density at radius 1 is 1.38 bits per heavy atom. The van der Waals surface area contributed by atoms with E-state index in [1.807, 2.05) is 6.20 Å². The van der Waals surface area contributed by atoms with Crippen molar-refractivity contribution in [2.45, 2.75) is 46.1 Å². The Labute approximate surface area is 98.3 Å². The predicted molar refractivity (Wildman–Crippen MR) is 67.6 cm³/mol. The van der Waals surface area contributed by atoms with E-state index in [1.54, 1.807) is 0 Å². The maximum absolute atomic E-state index is 4.38. The number of hydrogen-bond acceptors (Lipinski definition) is 2. The van der Waals surface area contributed by atoms with Crippen molar-refractivity contribution in [1.29, 1.82) is 0 Å². The van der Waals surface area contributed by atoms with Crippen molar-refractivity contribution in [3.05, 3.63) is 12.4 Å². The highest BCUT2D eigenvalue weighted by Gasteiger charge is 2.26. The standard InChI is InChI=1S/C13H23N3/c1-4-14-13-15-7-8-16(13)12-6-5-10(2)11(3)9-12/h7-8,10-12H,4-6,9H2,1-3H3,(H,14,15). The summed E-state index contributed by atoms with van der Waals surface area (Å²) >= 11 is 0. The first-order valence-corrected chi connectivity index (χ1v) is 6.49. The first-order chi connectivity index (χ1) is 7.72. The van der Waals surface area contributed by atoms with Gasteiger partial charge in [-0.25, -0.2) is 4.98 Å². The Morgan fingerprint density at radius 2 is 2.19 bits per heavy atom. The van der Waals surface area contributed by atoms with Crippen LogP contribution in [0.25, 0.3) is 0 Å². The second kappa shape index (κ2) is 4.89. The number of aromatic nitrogens is 2. The molecule has 1 N–H and O–H groups in total. The van der Waals surface area contributed by atoms with Crippen molar-refractivity contribution < 1.29 is 0 Å². The zero-order valence-electron chi connectivity index (χ0n) is 10.6. The summed E-state index contributed by atoms with van der Waals surface area (Å²) < 4.78 is 2.33. The van der Waals surface area contributed by atoms with Crippen LogP contribution in [0.5, 0.6) is 0 Å². The highest BCUT2D eigenvalue weighted by Crippen LogP contribution is 2.37. The molecule has 3 heteroatoms. The van der Waals surface area contributed by atoms with E-state index in [2.05, 4.69) is 41.8 Å². The van der Waals surface area contributed by atoms with Gasteiger partial charge in [0.25, 0.3) is 0 Å². The maximum atomic E-state index is 4.38. The van der Waals surface area contributed by atoms with Gasteiger partial charge in [-0.1, -0.05) is 13.8 Å². The van der Waals surface area contributed by atoms with E-state index in [9.17, 15) is 0 Å². The Balaban J connectivity index is 2.09. The molecule has 1 aromatic rings. The highest BCUT2D eigenvalue weighted by molar-refractivity contribution is 5.26. The highest BCUT2D eigenvalue weighted by atomic mass is 15.2. The van der Waals surface area contributed by atoms with Crippen LogP contribution in [0, 0.1) is 11.8 Å². The lowest BCUT2D eigenvalue weighted by molar-refractivity contribution is 0.212. The predicted octanol–water partition coefficient (Wildman–Crippen LogP) is 3.31. The summed E-state index contributed by atoms with van der Waals surface area (Å²) in [6.45, 7) is 7.81. The fourth-order valence-corrected chi connectivity index (χ4v) is 2.67. The van der Waals surface area contributed by atoms with Gasteiger partial charge in [-0.2, -0.15) is 0 Å². The van der Waals surface area contributed by atoms with Gasteiger partial charge in [0.2, 0.25) is 5.95 Å². The van der Waals surface area contributed by atoms with Gasteiger partial charge in [0.05, 0.1) is 0 Å². The summed E-state index contributed by atoms with van der Waals surface area (Å²) in [5.41, 5.74) is 0. The second-order valence-electron chi connectivity index (χ2n) is 5.11. The van der Waals surface area contributed by atoms with E-state index in [0.29, 0.717) is 6.04 Å². The molecule has 0 spiro atoms. The molecule has 1 fully saturated rings. The Hall–Kier alpha value is -0.990. The third kappa shape index (κ3) is 2.23. The molecule has 0 radical (unpaired) electrons. The number of rotatable bonds is 3. The molecular weight excluding hydrogens is 198 g/mol. The maximum Gasteiger partial charge on any atom is 0.203 e. The van der Waals surface area contributed by atoms with E-state index < -0.39 is 0 Å². The molecule has 3 nitrogen and oxygen atoms in total. The monoisotopic (exact) mass is 221 g/mol. The van der Waals surface area contributed by atoms with Crippen LogP contribution in [-0.4, -0.2) is 16.1 Å². The van der Waals surface area contributed by atoms with Crippen molar-refractivity contribution in [2.24, 2.45) is 11.8 Å². The summed E-state index contributed by atoms with van der Waals surface area (Å²) in [4.78, 5) is 4.38. The molecule has 3 atom stereocenters. The van der Waals surface area contributed by atoms with Gasteiger partial charge in [-0.3, -0.25) is 0 Å². The molecule has 1 saturated carbocycles. The molecule has 0 aliphatic heterocycles. The molecule has 1 heterocycles. The molecular formula is C13H23N3. The van der Waals surface area contributed by atoms with Crippen LogP contribution < -0.4 is 5.32 Å². The van der Waals surface area contributed by atoms with Crippen LogP contribution >= 0.6 is 0 Å².